The molecule has 1 unspecified atom stereocenters. The predicted octanol–water partition coefficient (Wildman–Crippen LogP) is 8.54. The summed E-state index contributed by atoms with van der Waals surface area (Å²) >= 11 is 0. The molecule has 2 heterocycles. The molecule has 0 saturated carbocycles. The van der Waals surface area contributed by atoms with Crippen LogP contribution in [-0.4, -0.2) is 21.4 Å². The summed E-state index contributed by atoms with van der Waals surface area (Å²) in [7, 11) is 0. The standard InChI is InChI=1S/C35H38N4/c1-6-22-17-24-11-8-9-13-27(24)28(18-22)25-15-16-32-30(20-25)34(39-38-32)33-23(7-2)19-29-26(21-36-35(3,4)5)12-10-14-31(29)37-33/h8-18,20,23,36H,6-7,19,21H2,1-5H3,(H,38,39). The molecule has 2 N–H and O–H groups in total. The van der Waals surface area contributed by atoms with Crippen molar-refractivity contribution in [2.75, 3.05) is 0 Å². The van der Waals surface area contributed by atoms with E-state index in [0.717, 1.165) is 53.8 Å². The van der Waals surface area contributed by atoms with E-state index in [1.807, 2.05) is 0 Å². The van der Waals surface area contributed by atoms with Crippen LogP contribution < -0.4 is 5.32 Å². The average Bonchev–Trinajstić information content (AvgIpc) is 3.37. The van der Waals surface area contributed by atoms with E-state index < -0.39 is 0 Å². The highest BCUT2D eigenvalue weighted by molar-refractivity contribution is 6.12. The van der Waals surface area contributed by atoms with Gasteiger partial charge in [-0.15, -0.1) is 0 Å². The van der Waals surface area contributed by atoms with Gasteiger partial charge in [0.05, 0.1) is 16.9 Å². The highest BCUT2D eigenvalue weighted by Crippen LogP contribution is 2.37. The van der Waals surface area contributed by atoms with Gasteiger partial charge in [0.1, 0.15) is 5.69 Å². The Hall–Kier alpha value is -3.76. The van der Waals surface area contributed by atoms with Crippen molar-refractivity contribution >= 4 is 33.1 Å². The Kier molecular flexibility index (Phi) is 6.60. The third-order valence-electron chi connectivity index (χ3n) is 8.07. The molecule has 1 atom stereocenters. The maximum Gasteiger partial charge on any atom is 0.114 e. The van der Waals surface area contributed by atoms with Gasteiger partial charge in [-0.3, -0.25) is 10.1 Å². The molecular weight excluding hydrogens is 476 g/mol. The Labute approximate surface area is 231 Å². The second kappa shape index (κ2) is 10.1. The zero-order valence-electron chi connectivity index (χ0n) is 23.7. The average molecular weight is 515 g/mol. The topological polar surface area (TPSA) is 53.1 Å². The second-order valence-electron chi connectivity index (χ2n) is 11.9. The number of benzene rings is 4. The third kappa shape index (κ3) is 4.90. The molecule has 4 aromatic carbocycles. The lowest BCUT2D eigenvalue weighted by Crippen LogP contribution is -2.35. The van der Waals surface area contributed by atoms with E-state index in [2.05, 4.69) is 118 Å². The second-order valence-corrected chi connectivity index (χ2v) is 11.9. The highest BCUT2D eigenvalue weighted by Gasteiger charge is 2.28. The minimum absolute atomic E-state index is 0.0730. The van der Waals surface area contributed by atoms with Crippen LogP contribution in [-0.2, 0) is 19.4 Å². The van der Waals surface area contributed by atoms with E-state index in [9.17, 15) is 0 Å². The summed E-state index contributed by atoms with van der Waals surface area (Å²) in [5, 5.41) is 15.5. The Morgan fingerprint density at radius 1 is 0.923 bits per heavy atom. The number of H-pyrrole nitrogens is 1. The van der Waals surface area contributed by atoms with Crippen molar-refractivity contribution in [3.05, 3.63) is 95.2 Å². The van der Waals surface area contributed by atoms with Crippen molar-refractivity contribution in [2.24, 2.45) is 10.9 Å². The third-order valence-corrected chi connectivity index (χ3v) is 8.07. The number of aliphatic imine (C=N–C) groups is 1. The summed E-state index contributed by atoms with van der Waals surface area (Å²) < 4.78 is 0. The van der Waals surface area contributed by atoms with E-state index in [-0.39, 0.29) is 5.54 Å². The molecule has 1 aromatic heterocycles. The molecule has 39 heavy (non-hydrogen) atoms. The van der Waals surface area contributed by atoms with Gasteiger partial charge in [0.15, 0.2) is 0 Å². The molecule has 0 bridgehead atoms. The van der Waals surface area contributed by atoms with Gasteiger partial charge in [0, 0.05) is 23.4 Å². The number of fused-ring (bicyclic) bond motifs is 3. The summed E-state index contributed by atoms with van der Waals surface area (Å²) in [5.41, 5.74) is 10.9. The van der Waals surface area contributed by atoms with Gasteiger partial charge >= 0.3 is 0 Å². The molecule has 0 amide bonds. The Morgan fingerprint density at radius 2 is 1.77 bits per heavy atom. The molecule has 198 valence electrons. The van der Waals surface area contributed by atoms with Crippen LogP contribution in [0.3, 0.4) is 0 Å². The van der Waals surface area contributed by atoms with Crippen LogP contribution in [0.1, 0.15) is 63.4 Å². The lowest BCUT2D eigenvalue weighted by molar-refractivity contribution is 0.423. The number of nitrogens with zero attached hydrogens (tertiary/aromatic N) is 2. The molecule has 4 nitrogen and oxygen atoms in total. The monoisotopic (exact) mass is 514 g/mol. The van der Waals surface area contributed by atoms with Crippen molar-refractivity contribution in [2.45, 2.75) is 66.0 Å². The summed E-state index contributed by atoms with van der Waals surface area (Å²) in [6, 6.07) is 26.6. The van der Waals surface area contributed by atoms with E-state index >= 15 is 0 Å². The molecule has 0 spiro atoms. The van der Waals surface area contributed by atoms with Crippen LogP contribution in [0, 0.1) is 5.92 Å². The maximum absolute atomic E-state index is 5.28. The van der Waals surface area contributed by atoms with Gasteiger partial charge < -0.3 is 5.32 Å². The number of nitrogens with one attached hydrogen (secondary N) is 2. The maximum atomic E-state index is 5.28. The fourth-order valence-corrected chi connectivity index (χ4v) is 5.83. The van der Waals surface area contributed by atoms with Crippen LogP contribution in [0.25, 0.3) is 32.8 Å². The molecule has 1 aliphatic rings. The zero-order valence-corrected chi connectivity index (χ0v) is 23.7. The Morgan fingerprint density at radius 3 is 2.56 bits per heavy atom. The van der Waals surface area contributed by atoms with Crippen LogP contribution >= 0.6 is 0 Å². The van der Waals surface area contributed by atoms with E-state index in [1.165, 1.54) is 38.6 Å². The minimum Gasteiger partial charge on any atom is -0.308 e. The molecule has 0 saturated heterocycles. The Bertz CT molecular complexity index is 1700. The van der Waals surface area contributed by atoms with Gasteiger partial charge in [-0.2, -0.15) is 5.10 Å². The van der Waals surface area contributed by atoms with Gasteiger partial charge in [-0.1, -0.05) is 68.4 Å². The van der Waals surface area contributed by atoms with Crippen LogP contribution in [0.15, 0.2) is 77.8 Å². The molecule has 0 aliphatic carbocycles. The van der Waals surface area contributed by atoms with Crippen molar-refractivity contribution < 1.29 is 0 Å². The summed E-state index contributed by atoms with van der Waals surface area (Å²) in [4.78, 5) is 5.28. The van der Waals surface area contributed by atoms with Gasteiger partial charge in [0.25, 0.3) is 0 Å². The quantitative estimate of drug-likeness (QED) is 0.238. The Balaban J connectivity index is 1.46. The number of aryl methyl sites for hydroxylation is 1. The van der Waals surface area contributed by atoms with Crippen molar-refractivity contribution in [1.82, 2.24) is 15.5 Å². The summed E-state index contributed by atoms with van der Waals surface area (Å²) in [5.74, 6) is 0.327. The van der Waals surface area contributed by atoms with Crippen LogP contribution in [0.2, 0.25) is 0 Å². The molecule has 4 heteroatoms. The first kappa shape index (κ1) is 25.5. The molecule has 0 radical (unpaired) electrons. The van der Waals surface area contributed by atoms with Gasteiger partial charge in [-0.05, 0) is 96.8 Å². The lowest BCUT2D eigenvalue weighted by atomic mass is 9.84. The zero-order chi connectivity index (χ0) is 27.1. The predicted molar refractivity (Wildman–Crippen MR) is 165 cm³/mol. The SMILES string of the molecule is CCc1cc(-c2ccc3[nH]nc(C4=Nc5cccc(CNC(C)(C)C)c5CC4CC)c3c2)c2ccccc2c1. The molecule has 0 fully saturated rings. The lowest BCUT2D eigenvalue weighted by Gasteiger charge is -2.27. The first-order chi connectivity index (χ1) is 18.8. The number of hydrogen-bond donors (Lipinski definition) is 2. The first-order valence-electron chi connectivity index (χ1n) is 14.3. The normalized spacial score (nSPS) is 15.5. The highest BCUT2D eigenvalue weighted by atomic mass is 15.1. The molecule has 6 rings (SSSR count). The fraction of sp³-hybridized carbons (Fsp3) is 0.314. The number of aromatic amines is 1. The van der Waals surface area contributed by atoms with Crippen molar-refractivity contribution in [3.63, 3.8) is 0 Å². The molecular formula is C35H38N4. The largest absolute Gasteiger partial charge is 0.308 e. The minimum atomic E-state index is 0.0730. The summed E-state index contributed by atoms with van der Waals surface area (Å²) in [6.45, 7) is 12.0. The van der Waals surface area contributed by atoms with Crippen molar-refractivity contribution in [1.29, 1.82) is 0 Å². The number of hydrogen-bond acceptors (Lipinski definition) is 3. The van der Waals surface area contributed by atoms with Gasteiger partial charge in [0.2, 0.25) is 0 Å². The van der Waals surface area contributed by atoms with E-state index in [4.69, 9.17) is 10.1 Å². The number of rotatable bonds is 6. The van der Waals surface area contributed by atoms with E-state index in [1.54, 1.807) is 0 Å². The molecule has 1 aliphatic heterocycles. The van der Waals surface area contributed by atoms with Crippen LogP contribution in [0.5, 0.6) is 0 Å². The molecule has 5 aromatic rings. The first-order valence-corrected chi connectivity index (χ1v) is 14.3. The van der Waals surface area contributed by atoms with Gasteiger partial charge in [-0.25, -0.2) is 0 Å². The van der Waals surface area contributed by atoms with Crippen molar-refractivity contribution in [3.8, 4) is 11.1 Å². The smallest absolute Gasteiger partial charge is 0.114 e. The fourth-order valence-electron chi connectivity index (χ4n) is 5.83. The van der Waals surface area contributed by atoms with Crippen LogP contribution in [0.4, 0.5) is 5.69 Å². The summed E-state index contributed by atoms with van der Waals surface area (Å²) in [6.07, 6.45) is 3.03. The number of aromatic nitrogens is 2. The van der Waals surface area contributed by atoms with E-state index in [0.29, 0.717) is 5.92 Å².